The van der Waals surface area contributed by atoms with Gasteiger partial charge in [-0.1, -0.05) is 30.3 Å². The molecule has 0 aromatic heterocycles. The lowest BCUT2D eigenvalue weighted by Gasteiger charge is -2.32. The minimum absolute atomic E-state index is 0.0605. The maximum atomic E-state index is 12.7. The van der Waals surface area contributed by atoms with Crippen LogP contribution in [0.3, 0.4) is 0 Å². The van der Waals surface area contributed by atoms with Gasteiger partial charge in [-0.2, -0.15) is 0 Å². The molecule has 0 unspecified atom stereocenters. The standard InChI is InChI=1S/C22H26N2O3/c1-16(22(25)23-19-7-8-20-21(14-19)27-15-26-20)24-11-9-18(10-12-24)13-17-5-3-2-4-6-17/h2-8,14,16,18H,9-13,15H2,1H3,(H,23,25)/p+1/t16-/m1/s1. The van der Waals surface area contributed by atoms with Crippen LogP contribution < -0.4 is 19.7 Å². The number of fused-ring (bicyclic) bond motifs is 1. The van der Waals surface area contributed by atoms with Crippen LogP contribution in [0.25, 0.3) is 0 Å². The molecule has 1 saturated heterocycles. The molecule has 2 aliphatic heterocycles. The first-order chi connectivity index (χ1) is 13.2. The molecular weight excluding hydrogens is 340 g/mol. The van der Waals surface area contributed by atoms with E-state index < -0.39 is 0 Å². The maximum Gasteiger partial charge on any atom is 0.282 e. The average Bonchev–Trinajstić information content (AvgIpc) is 3.16. The highest BCUT2D eigenvalue weighted by atomic mass is 16.7. The van der Waals surface area contributed by atoms with E-state index in [1.807, 2.05) is 25.1 Å². The molecule has 1 atom stereocenters. The van der Waals surface area contributed by atoms with Crippen molar-refractivity contribution in [2.45, 2.75) is 32.2 Å². The first kappa shape index (κ1) is 17.9. The molecule has 142 valence electrons. The highest BCUT2D eigenvalue weighted by Crippen LogP contribution is 2.34. The fraction of sp³-hybridized carbons (Fsp3) is 0.409. The summed E-state index contributed by atoms with van der Waals surface area (Å²) in [6.45, 7) is 4.36. The van der Waals surface area contributed by atoms with Crippen molar-refractivity contribution < 1.29 is 19.2 Å². The van der Waals surface area contributed by atoms with E-state index in [1.54, 1.807) is 0 Å². The Hall–Kier alpha value is -2.53. The number of nitrogens with one attached hydrogen (secondary N) is 2. The molecule has 0 spiro atoms. The summed E-state index contributed by atoms with van der Waals surface area (Å²) in [5.41, 5.74) is 2.18. The van der Waals surface area contributed by atoms with E-state index in [-0.39, 0.29) is 18.7 Å². The van der Waals surface area contributed by atoms with Gasteiger partial charge in [-0.05, 0) is 49.8 Å². The molecule has 1 amide bonds. The van der Waals surface area contributed by atoms with Gasteiger partial charge in [0.15, 0.2) is 17.5 Å². The van der Waals surface area contributed by atoms with Crippen LogP contribution in [-0.2, 0) is 11.2 Å². The topological polar surface area (TPSA) is 52.0 Å². The van der Waals surface area contributed by atoms with E-state index in [9.17, 15) is 4.79 Å². The molecule has 2 heterocycles. The van der Waals surface area contributed by atoms with Gasteiger partial charge in [-0.3, -0.25) is 4.79 Å². The largest absolute Gasteiger partial charge is 0.454 e. The van der Waals surface area contributed by atoms with Crippen LogP contribution in [-0.4, -0.2) is 31.8 Å². The van der Waals surface area contributed by atoms with Crippen LogP contribution in [0, 0.1) is 5.92 Å². The van der Waals surface area contributed by atoms with Crippen molar-refractivity contribution >= 4 is 11.6 Å². The zero-order valence-corrected chi connectivity index (χ0v) is 15.7. The predicted molar refractivity (Wildman–Crippen MR) is 104 cm³/mol. The number of rotatable bonds is 5. The number of amides is 1. The molecule has 1 fully saturated rings. The fourth-order valence-corrected chi connectivity index (χ4v) is 4.04. The Morgan fingerprint density at radius 1 is 1.11 bits per heavy atom. The molecule has 2 N–H and O–H groups in total. The van der Waals surface area contributed by atoms with Crippen molar-refractivity contribution in [2.24, 2.45) is 5.92 Å². The molecule has 0 radical (unpaired) electrons. The molecule has 2 aromatic carbocycles. The van der Waals surface area contributed by atoms with E-state index in [0.717, 1.165) is 36.9 Å². The number of anilines is 1. The van der Waals surface area contributed by atoms with E-state index >= 15 is 0 Å². The number of carbonyl (C=O) groups excluding carboxylic acids is 1. The summed E-state index contributed by atoms with van der Waals surface area (Å²) >= 11 is 0. The highest BCUT2D eigenvalue weighted by Gasteiger charge is 2.30. The number of ether oxygens (including phenoxy) is 2. The third-order valence-corrected chi connectivity index (χ3v) is 5.76. The van der Waals surface area contributed by atoms with Crippen molar-refractivity contribution in [1.82, 2.24) is 0 Å². The van der Waals surface area contributed by atoms with Crippen molar-refractivity contribution in [3.8, 4) is 11.5 Å². The number of piperidine rings is 1. The van der Waals surface area contributed by atoms with Crippen LogP contribution >= 0.6 is 0 Å². The van der Waals surface area contributed by atoms with Gasteiger partial charge in [-0.25, -0.2) is 0 Å². The zero-order chi connectivity index (χ0) is 18.6. The Bertz CT molecular complexity index is 785. The molecule has 0 aliphatic carbocycles. The second-order valence-corrected chi connectivity index (χ2v) is 7.57. The second-order valence-electron chi connectivity index (χ2n) is 7.57. The fourth-order valence-electron chi connectivity index (χ4n) is 4.04. The Morgan fingerprint density at radius 2 is 1.85 bits per heavy atom. The van der Waals surface area contributed by atoms with Crippen molar-refractivity contribution in [1.29, 1.82) is 0 Å². The lowest BCUT2D eigenvalue weighted by molar-refractivity contribution is -0.919. The number of hydrogen-bond acceptors (Lipinski definition) is 3. The first-order valence-electron chi connectivity index (χ1n) is 9.78. The van der Waals surface area contributed by atoms with Crippen LogP contribution in [0.1, 0.15) is 25.3 Å². The molecule has 27 heavy (non-hydrogen) atoms. The predicted octanol–water partition coefficient (Wildman–Crippen LogP) is 2.28. The summed E-state index contributed by atoms with van der Waals surface area (Å²) in [5, 5.41) is 3.02. The summed E-state index contributed by atoms with van der Waals surface area (Å²) in [6.07, 6.45) is 3.49. The van der Waals surface area contributed by atoms with Crippen LogP contribution in [0.2, 0.25) is 0 Å². The number of benzene rings is 2. The molecule has 5 nitrogen and oxygen atoms in total. The quantitative estimate of drug-likeness (QED) is 0.853. The van der Waals surface area contributed by atoms with Crippen LogP contribution in [0.5, 0.6) is 11.5 Å². The van der Waals surface area contributed by atoms with Crippen molar-refractivity contribution in [3.05, 3.63) is 54.1 Å². The van der Waals surface area contributed by atoms with Crippen molar-refractivity contribution in [3.63, 3.8) is 0 Å². The summed E-state index contributed by atoms with van der Waals surface area (Å²) in [6, 6.07) is 16.2. The molecule has 0 bridgehead atoms. The minimum Gasteiger partial charge on any atom is -0.454 e. The zero-order valence-electron chi connectivity index (χ0n) is 15.7. The molecule has 5 heteroatoms. The number of likely N-dealkylation sites (tertiary alicyclic amines) is 1. The van der Waals surface area contributed by atoms with E-state index in [4.69, 9.17) is 9.47 Å². The smallest absolute Gasteiger partial charge is 0.282 e. The van der Waals surface area contributed by atoms with E-state index in [2.05, 4.69) is 35.6 Å². The third kappa shape index (κ3) is 4.25. The Morgan fingerprint density at radius 3 is 2.63 bits per heavy atom. The van der Waals surface area contributed by atoms with Gasteiger partial charge in [0, 0.05) is 11.8 Å². The summed E-state index contributed by atoms with van der Waals surface area (Å²) < 4.78 is 10.7. The summed E-state index contributed by atoms with van der Waals surface area (Å²) in [4.78, 5) is 14.1. The van der Waals surface area contributed by atoms with Gasteiger partial charge in [0.25, 0.3) is 5.91 Å². The lowest BCUT2D eigenvalue weighted by atomic mass is 9.89. The van der Waals surface area contributed by atoms with Gasteiger partial charge < -0.3 is 19.7 Å². The van der Waals surface area contributed by atoms with Gasteiger partial charge in [0.1, 0.15) is 0 Å². The Labute approximate surface area is 160 Å². The van der Waals surface area contributed by atoms with Gasteiger partial charge in [0.05, 0.1) is 13.1 Å². The minimum atomic E-state index is -0.0619. The molecule has 2 aliphatic rings. The molecule has 0 saturated carbocycles. The van der Waals surface area contributed by atoms with Gasteiger partial charge >= 0.3 is 0 Å². The summed E-state index contributed by atoms with van der Waals surface area (Å²) in [7, 11) is 0. The van der Waals surface area contributed by atoms with E-state index in [0.29, 0.717) is 5.75 Å². The number of hydrogen-bond donors (Lipinski definition) is 2. The maximum absolute atomic E-state index is 12.7. The third-order valence-electron chi connectivity index (χ3n) is 5.76. The Kier molecular flexibility index (Phi) is 5.30. The monoisotopic (exact) mass is 367 g/mol. The van der Waals surface area contributed by atoms with E-state index in [1.165, 1.54) is 23.3 Å². The normalized spacial score (nSPS) is 22.3. The van der Waals surface area contributed by atoms with Crippen molar-refractivity contribution in [2.75, 3.05) is 25.2 Å². The highest BCUT2D eigenvalue weighted by molar-refractivity contribution is 5.94. The van der Waals surface area contributed by atoms with Gasteiger partial charge in [0.2, 0.25) is 6.79 Å². The average molecular weight is 367 g/mol. The Balaban J connectivity index is 1.28. The number of quaternary nitrogens is 1. The number of carbonyl (C=O) groups is 1. The molecule has 4 rings (SSSR count). The van der Waals surface area contributed by atoms with Crippen LogP contribution in [0.4, 0.5) is 5.69 Å². The first-order valence-corrected chi connectivity index (χ1v) is 9.78. The SMILES string of the molecule is C[C@H](C(=O)Nc1ccc2c(c1)OCO2)[NH+]1CCC(Cc2ccccc2)CC1. The summed E-state index contributed by atoms with van der Waals surface area (Å²) in [5.74, 6) is 2.20. The molecule has 2 aromatic rings. The van der Waals surface area contributed by atoms with Gasteiger partial charge in [-0.15, -0.1) is 0 Å². The molecular formula is C22H27N2O3+. The second kappa shape index (κ2) is 8.01. The lowest BCUT2D eigenvalue weighted by Crippen LogP contribution is -3.17. The van der Waals surface area contributed by atoms with Crippen LogP contribution in [0.15, 0.2) is 48.5 Å².